The molecule has 3 nitrogen and oxygen atoms in total. The molecule has 2 aromatic rings. The Labute approximate surface area is 94.4 Å². The first kappa shape index (κ1) is 10.2. The molecule has 0 saturated heterocycles. The van der Waals surface area contributed by atoms with Crippen molar-refractivity contribution in [1.29, 1.82) is 5.26 Å². The summed E-state index contributed by atoms with van der Waals surface area (Å²) in [6.07, 6.45) is 1.56. The number of aryl methyl sites for hydroxylation is 1. The summed E-state index contributed by atoms with van der Waals surface area (Å²) in [5.41, 5.74) is 2.75. The number of para-hydroxylation sites is 1. The van der Waals surface area contributed by atoms with Crippen LogP contribution in [0, 0.1) is 18.3 Å². The van der Waals surface area contributed by atoms with Gasteiger partial charge in [-0.3, -0.25) is 0 Å². The van der Waals surface area contributed by atoms with Gasteiger partial charge in [0.2, 0.25) is 0 Å². The second-order valence-electron chi connectivity index (χ2n) is 3.48. The highest BCUT2D eigenvalue weighted by molar-refractivity contribution is 5.60. The number of nitriles is 1. The van der Waals surface area contributed by atoms with E-state index in [-0.39, 0.29) is 0 Å². The molecule has 0 fully saturated rings. The highest BCUT2D eigenvalue weighted by Gasteiger charge is 1.98. The first-order chi connectivity index (χ1) is 7.79. The molecule has 0 aliphatic carbocycles. The molecule has 1 aromatic carbocycles. The third-order valence-electron chi connectivity index (χ3n) is 2.30. The summed E-state index contributed by atoms with van der Waals surface area (Å²) in [5.74, 6) is 0.744. The molecule has 78 valence electrons. The minimum Gasteiger partial charge on any atom is -0.340 e. The first-order valence-electron chi connectivity index (χ1n) is 4.98. The lowest BCUT2D eigenvalue weighted by Crippen LogP contribution is -1.95. The van der Waals surface area contributed by atoms with E-state index in [4.69, 9.17) is 5.26 Å². The van der Waals surface area contributed by atoms with Crippen LogP contribution < -0.4 is 5.32 Å². The van der Waals surface area contributed by atoms with Gasteiger partial charge in [-0.25, -0.2) is 4.98 Å². The van der Waals surface area contributed by atoms with Gasteiger partial charge in [-0.1, -0.05) is 18.2 Å². The van der Waals surface area contributed by atoms with Gasteiger partial charge in [0, 0.05) is 11.9 Å². The van der Waals surface area contributed by atoms with E-state index in [0.717, 1.165) is 17.1 Å². The molecule has 2 rings (SSSR count). The fourth-order valence-electron chi connectivity index (χ4n) is 1.39. The fraction of sp³-hybridized carbons (Fsp3) is 0.0769. The molecule has 0 aliphatic heterocycles. The molecule has 0 bridgehead atoms. The number of hydrogen-bond donors (Lipinski definition) is 1. The SMILES string of the molecule is Cc1ccccc1Nc1ccc(C#N)cn1. The monoisotopic (exact) mass is 209 g/mol. The van der Waals surface area contributed by atoms with Crippen molar-refractivity contribution in [3.63, 3.8) is 0 Å². The molecule has 1 heterocycles. The van der Waals surface area contributed by atoms with Gasteiger partial charge in [0.15, 0.2) is 0 Å². The van der Waals surface area contributed by atoms with Gasteiger partial charge < -0.3 is 5.32 Å². The predicted molar refractivity (Wildman–Crippen MR) is 63.4 cm³/mol. The Bertz CT molecular complexity index is 524. The van der Waals surface area contributed by atoms with Crippen LogP contribution in [0.4, 0.5) is 11.5 Å². The van der Waals surface area contributed by atoms with Crippen LogP contribution >= 0.6 is 0 Å². The van der Waals surface area contributed by atoms with E-state index >= 15 is 0 Å². The average Bonchev–Trinajstić information content (AvgIpc) is 2.33. The van der Waals surface area contributed by atoms with E-state index in [0.29, 0.717) is 5.56 Å². The molecule has 0 unspecified atom stereocenters. The Hall–Kier alpha value is -2.34. The van der Waals surface area contributed by atoms with E-state index in [2.05, 4.69) is 10.3 Å². The molecule has 1 N–H and O–H groups in total. The number of anilines is 2. The molecular weight excluding hydrogens is 198 g/mol. The minimum atomic E-state index is 0.565. The third kappa shape index (κ3) is 2.18. The number of benzene rings is 1. The lowest BCUT2D eigenvalue weighted by Gasteiger charge is -2.07. The Kier molecular flexibility index (Phi) is 2.84. The van der Waals surface area contributed by atoms with E-state index in [1.165, 1.54) is 0 Å². The second kappa shape index (κ2) is 4.45. The Morgan fingerprint density at radius 2 is 2.00 bits per heavy atom. The predicted octanol–water partition coefficient (Wildman–Crippen LogP) is 3.01. The van der Waals surface area contributed by atoms with Gasteiger partial charge in [0.1, 0.15) is 11.9 Å². The van der Waals surface area contributed by atoms with Crippen molar-refractivity contribution in [2.75, 3.05) is 5.32 Å². The number of nitrogens with one attached hydrogen (secondary N) is 1. The van der Waals surface area contributed by atoms with Crippen LogP contribution in [-0.2, 0) is 0 Å². The van der Waals surface area contributed by atoms with Gasteiger partial charge in [-0.05, 0) is 30.7 Å². The fourth-order valence-corrected chi connectivity index (χ4v) is 1.39. The van der Waals surface area contributed by atoms with Crippen LogP contribution in [0.25, 0.3) is 0 Å². The summed E-state index contributed by atoms with van der Waals surface area (Å²) in [4.78, 5) is 4.15. The molecule has 0 aliphatic rings. The average molecular weight is 209 g/mol. The van der Waals surface area contributed by atoms with Gasteiger partial charge in [-0.15, -0.1) is 0 Å². The van der Waals surface area contributed by atoms with E-state index < -0.39 is 0 Å². The minimum absolute atomic E-state index is 0.565. The van der Waals surface area contributed by atoms with Gasteiger partial charge in [-0.2, -0.15) is 5.26 Å². The zero-order chi connectivity index (χ0) is 11.4. The largest absolute Gasteiger partial charge is 0.340 e. The normalized spacial score (nSPS) is 9.50. The first-order valence-corrected chi connectivity index (χ1v) is 4.98. The summed E-state index contributed by atoms with van der Waals surface area (Å²) >= 11 is 0. The van der Waals surface area contributed by atoms with Crippen LogP contribution in [-0.4, -0.2) is 4.98 Å². The van der Waals surface area contributed by atoms with Crippen molar-refractivity contribution >= 4 is 11.5 Å². The second-order valence-corrected chi connectivity index (χ2v) is 3.48. The van der Waals surface area contributed by atoms with Gasteiger partial charge in [0.25, 0.3) is 0 Å². The summed E-state index contributed by atoms with van der Waals surface area (Å²) < 4.78 is 0. The maximum atomic E-state index is 8.65. The van der Waals surface area contributed by atoms with Crippen LogP contribution in [0.2, 0.25) is 0 Å². The zero-order valence-electron chi connectivity index (χ0n) is 8.94. The number of hydrogen-bond acceptors (Lipinski definition) is 3. The standard InChI is InChI=1S/C13H11N3/c1-10-4-2-3-5-12(10)16-13-7-6-11(8-14)9-15-13/h2-7,9H,1H3,(H,15,16). The van der Waals surface area contributed by atoms with Crippen LogP contribution in [0.3, 0.4) is 0 Å². The van der Waals surface area contributed by atoms with Gasteiger partial charge in [0.05, 0.1) is 5.56 Å². The molecule has 0 amide bonds. The van der Waals surface area contributed by atoms with Crippen molar-refractivity contribution in [1.82, 2.24) is 4.98 Å². The molecule has 0 atom stereocenters. The summed E-state index contributed by atoms with van der Waals surface area (Å²) in [7, 11) is 0. The van der Waals surface area contributed by atoms with Crippen molar-refractivity contribution < 1.29 is 0 Å². The molecule has 0 radical (unpaired) electrons. The van der Waals surface area contributed by atoms with Crippen molar-refractivity contribution in [3.8, 4) is 6.07 Å². The molecular formula is C13H11N3. The molecule has 16 heavy (non-hydrogen) atoms. The number of pyridine rings is 1. The maximum Gasteiger partial charge on any atom is 0.130 e. The zero-order valence-corrected chi connectivity index (χ0v) is 8.94. The number of nitrogens with zero attached hydrogens (tertiary/aromatic N) is 2. The number of rotatable bonds is 2. The summed E-state index contributed by atoms with van der Waals surface area (Å²) in [6.45, 7) is 2.03. The summed E-state index contributed by atoms with van der Waals surface area (Å²) in [6, 6.07) is 13.6. The van der Waals surface area contributed by atoms with Crippen LogP contribution in [0.1, 0.15) is 11.1 Å². The lowest BCUT2D eigenvalue weighted by molar-refractivity contribution is 1.28. The van der Waals surface area contributed by atoms with Crippen LogP contribution in [0.15, 0.2) is 42.6 Å². The van der Waals surface area contributed by atoms with E-state index in [9.17, 15) is 0 Å². The molecule has 1 aromatic heterocycles. The quantitative estimate of drug-likeness (QED) is 0.827. The molecule has 0 saturated carbocycles. The van der Waals surface area contributed by atoms with Crippen molar-refractivity contribution in [3.05, 3.63) is 53.7 Å². The summed E-state index contributed by atoms with van der Waals surface area (Å²) in [5, 5.41) is 11.9. The lowest BCUT2D eigenvalue weighted by atomic mass is 10.2. The highest BCUT2D eigenvalue weighted by Crippen LogP contribution is 2.18. The van der Waals surface area contributed by atoms with E-state index in [1.807, 2.05) is 37.3 Å². The molecule has 3 heteroatoms. The Morgan fingerprint density at radius 1 is 1.19 bits per heavy atom. The Balaban J connectivity index is 2.22. The highest BCUT2D eigenvalue weighted by atomic mass is 15.0. The van der Waals surface area contributed by atoms with Crippen molar-refractivity contribution in [2.45, 2.75) is 6.92 Å². The smallest absolute Gasteiger partial charge is 0.130 e. The van der Waals surface area contributed by atoms with Crippen molar-refractivity contribution in [2.24, 2.45) is 0 Å². The third-order valence-corrected chi connectivity index (χ3v) is 2.30. The topological polar surface area (TPSA) is 48.7 Å². The number of aromatic nitrogens is 1. The van der Waals surface area contributed by atoms with Crippen LogP contribution in [0.5, 0.6) is 0 Å². The van der Waals surface area contributed by atoms with Gasteiger partial charge >= 0.3 is 0 Å². The maximum absolute atomic E-state index is 8.65. The Morgan fingerprint density at radius 3 is 2.62 bits per heavy atom. The van der Waals surface area contributed by atoms with E-state index in [1.54, 1.807) is 18.3 Å². The molecule has 0 spiro atoms.